The van der Waals surface area contributed by atoms with Crippen LogP contribution in [0.3, 0.4) is 0 Å². The van der Waals surface area contributed by atoms with Crippen LogP contribution < -0.4 is 0 Å². The average Bonchev–Trinajstić information content (AvgIpc) is 1.77. The third kappa shape index (κ3) is 1.11. The van der Waals surface area contributed by atoms with Crippen LogP contribution in [0.1, 0.15) is 0 Å². The van der Waals surface area contributed by atoms with Gasteiger partial charge in [0.25, 0.3) is 0 Å². The van der Waals surface area contributed by atoms with Crippen molar-refractivity contribution in [3.63, 3.8) is 0 Å². The van der Waals surface area contributed by atoms with Crippen LogP contribution in [-0.2, 0) is 0 Å². The van der Waals surface area contributed by atoms with E-state index >= 15 is 0 Å². The second kappa shape index (κ2) is 2.33. The lowest BCUT2D eigenvalue weighted by molar-refractivity contribution is 1.33. The number of rotatable bonds is 0. The zero-order valence-electron chi connectivity index (χ0n) is 3.86. The van der Waals surface area contributed by atoms with E-state index in [1.807, 2.05) is 0 Å². The van der Waals surface area contributed by atoms with Gasteiger partial charge < -0.3 is 0 Å². The fourth-order valence-electron chi connectivity index (χ4n) is 0.329. The van der Waals surface area contributed by atoms with Gasteiger partial charge in [-0.3, -0.25) is 0 Å². The molecule has 0 unspecified atom stereocenters. The molecule has 0 bridgehead atoms. The first kappa shape index (κ1) is 5.86. The predicted molar refractivity (Wildman–Crippen MR) is 33.1 cm³/mol. The average molecular weight is 147 g/mol. The van der Waals surface area contributed by atoms with Crippen LogP contribution in [0.25, 0.3) is 0 Å². The highest BCUT2D eigenvalue weighted by Gasteiger charge is 1.91. The quantitative estimate of drug-likeness (QED) is 0.512. The van der Waals surface area contributed by atoms with E-state index in [0.29, 0.717) is 10.2 Å². The van der Waals surface area contributed by atoms with Gasteiger partial charge in [-0.25, -0.2) is 4.98 Å². The molecule has 1 aromatic rings. The molecule has 1 radical (unpaired) electrons. The molecule has 0 spiro atoms. The first-order chi connectivity index (χ1) is 3.80. The van der Waals surface area contributed by atoms with E-state index in [4.69, 9.17) is 23.2 Å². The van der Waals surface area contributed by atoms with E-state index in [1.165, 1.54) is 6.20 Å². The van der Waals surface area contributed by atoms with E-state index in [0.717, 1.165) is 0 Å². The minimum Gasteiger partial charge on any atom is -0.243 e. The molecule has 0 saturated carbocycles. The van der Waals surface area contributed by atoms with E-state index < -0.39 is 0 Å². The molecule has 1 aromatic heterocycles. The minimum absolute atomic E-state index is 0.300. The molecule has 0 aliphatic heterocycles. The fourth-order valence-corrected chi connectivity index (χ4v) is 0.552. The lowest BCUT2D eigenvalue weighted by Crippen LogP contribution is -1.71. The normalized spacial score (nSPS) is 9.25. The fraction of sp³-hybridized carbons (Fsp3) is 0. The van der Waals surface area contributed by atoms with Crippen LogP contribution in [-0.4, -0.2) is 4.98 Å². The lowest BCUT2D eigenvalue weighted by atomic mass is 10.5. The zero-order valence-corrected chi connectivity index (χ0v) is 5.37. The van der Waals surface area contributed by atoms with Crippen molar-refractivity contribution in [2.24, 2.45) is 0 Å². The molecule has 41 valence electrons. The number of halogens is 2. The number of pyridine rings is 1. The third-order valence-corrected chi connectivity index (χ3v) is 1.33. The van der Waals surface area contributed by atoms with Crippen molar-refractivity contribution in [3.8, 4) is 0 Å². The Kier molecular flexibility index (Phi) is 1.71. The molecule has 8 heavy (non-hydrogen) atoms. The van der Waals surface area contributed by atoms with Gasteiger partial charge in [0.2, 0.25) is 0 Å². The Labute approximate surface area is 57.3 Å². The van der Waals surface area contributed by atoms with Crippen LogP contribution >= 0.6 is 23.2 Å². The molecular formula is C5H2Cl2N. The molecule has 1 rings (SSSR count). The van der Waals surface area contributed by atoms with E-state index in [-0.39, 0.29) is 0 Å². The highest BCUT2D eigenvalue weighted by Crippen LogP contribution is 2.15. The number of hydrogen-bond donors (Lipinski definition) is 0. The van der Waals surface area contributed by atoms with Crippen LogP contribution in [0.4, 0.5) is 0 Å². The SMILES string of the molecule is Clc1[c]ccnc1Cl. The van der Waals surface area contributed by atoms with Gasteiger partial charge in [-0.1, -0.05) is 23.2 Å². The third-order valence-electron chi connectivity index (χ3n) is 0.654. The molecule has 0 fully saturated rings. The summed E-state index contributed by atoms with van der Waals surface area (Å²) in [6.07, 6.45) is 1.54. The smallest absolute Gasteiger partial charge is 0.148 e. The zero-order chi connectivity index (χ0) is 5.98. The number of aromatic nitrogens is 1. The maximum absolute atomic E-state index is 5.46. The monoisotopic (exact) mass is 146 g/mol. The highest BCUT2D eigenvalue weighted by molar-refractivity contribution is 6.40. The van der Waals surface area contributed by atoms with Gasteiger partial charge in [-0.2, -0.15) is 0 Å². The summed E-state index contributed by atoms with van der Waals surface area (Å²) in [6.45, 7) is 0. The van der Waals surface area contributed by atoms with Crippen molar-refractivity contribution < 1.29 is 0 Å². The Hall–Kier alpha value is -0.270. The van der Waals surface area contributed by atoms with Gasteiger partial charge >= 0.3 is 0 Å². The second-order valence-electron chi connectivity index (χ2n) is 1.19. The van der Waals surface area contributed by atoms with Crippen molar-refractivity contribution in [2.75, 3.05) is 0 Å². The Bertz CT molecular complexity index is 167. The van der Waals surface area contributed by atoms with E-state index in [9.17, 15) is 0 Å². The Morgan fingerprint density at radius 2 is 2.25 bits per heavy atom. The summed E-state index contributed by atoms with van der Waals surface area (Å²) in [5.74, 6) is 0. The summed E-state index contributed by atoms with van der Waals surface area (Å²) < 4.78 is 0. The molecule has 0 aliphatic rings. The van der Waals surface area contributed by atoms with Crippen LogP contribution in [0.5, 0.6) is 0 Å². The summed E-state index contributed by atoms with van der Waals surface area (Å²) in [4.78, 5) is 3.68. The molecule has 1 nitrogen and oxygen atoms in total. The summed E-state index contributed by atoms with van der Waals surface area (Å²) >= 11 is 10.9. The predicted octanol–water partition coefficient (Wildman–Crippen LogP) is 2.19. The first-order valence-electron chi connectivity index (χ1n) is 1.98. The summed E-state index contributed by atoms with van der Waals surface area (Å²) in [5.41, 5.74) is 0. The second-order valence-corrected chi connectivity index (χ2v) is 1.93. The Morgan fingerprint density at radius 1 is 1.50 bits per heavy atom. The minimum atomic E-state index is 0.300. The molecule has 1 heterocycles. The van der Waals surface area contributed by atoms with Gasteiger partial charge in [0, 0.05) is 12.3 Å². The standard InChI is InChI=1S/C5H2Cl2N/c6-4-2-1-3-8-5(4)7/h1,3H. The molecule has 0 aromatic carbocycles. The van der Waals surface area contributed by atoms with E-state index in [1.54, 1.807) is 6.07 Å². The molecule has 0 atom stereocenters. The van der Waals surface area contributed by atoms with Gasteiger partial charge in [-0.15, -0.1) is 0 Å². The number of nitrogens with zero attached hydrogens (tertiary/aromatic N) is 1. The molecule has 0 amide bonds. The maximum atomic E-state index is 5.46. The summed E-state index contributed by atoms with van der Waals surface area (Å²) in [7, 11) is 0. The van der Waals surface area contributed by atoms with Gasteiger partial charge in [-0.05, 0) is 6.07 Å². The maximum Gasteiger partial charge on any atom is 0.148 e. The number of hydrogen-bond acceptors (Lipinski definition) is 1. The summed E-state index contributed by atoms with van der Waals surface area (Å²) in [5, 5.41) is 0.670. The van der Waals surface area contributed by atoms with Crippen molar-refractivity contribution >= 4 is 23.2 Å². The van der Waals surface area contributed by atoms with Crippen LogP contribution in [0.2, 0.25) is 10.2 Å². The lowest BCUT2D eigenvalue weighted by Gasteiger charge is -1.86. The molecule has 3 heteroatoms. The highest BCUT2D eigenvalue weighted by atomic mass is 35.5. The molecule has 0 N–H and O–H groups in total. The molecule has 0 saturated heterocycles. The first-order valence-corrected chi connectivity index (χ1v) is 2.74. The topological polar surface area (TPSA) is 12.9 Å². The van der Waals surface area contributed by atoms with Crippen molar-refractivity contribution in [3.05, 3.63) is 28.5 Å². The summed E-state index contributed by atoms with van der Waals surface area (Å²) in [6, 6.07) is 4.28. The van der Waals surface area contributed by atoms with Gasteiger partial charge in [0.05, 0.1) is 5.02 Å². The van der Waals surface area contributed by atoms with Gasteiger partial charge in [0.1, 0.15) is 5.15 Å². The van der Waals surface area contributed by atoms with E-state index in [2.05, 4.69) is 11.1 Å². The van der Waals surface area contributed by atoms with Crippen molar-refractivity contribution in [2.45, 2.75) is 0 Å². The van der Waals surface area contributed by atoms with Crippen LogP contribution in [0, 0.1) is 6.07 Å². The molecular weight excluding hydrogens is 145 g/mol. The van der Waals surface area contributed by atoms with Crippen molar-refractivity contribution in [1.29, 1.82) is 0 Å². The van der Waals surface area contributed by atoms with Crippen molar-refractivity contribution in [1.82, 2.24) is 4.98 Å². The van der Waals surface area contributed by atoms with Gasteiger partial charge in [0.15, 0.2) is 0 Å². The van der Waals surface area contributed by atoms with Crippen LogP contribution in [0.15, 0.2) is 12.3 Å². The Balaban J connectivity index is 3.13. The largest absolute Gasteiger partial charge is 0.243 e. The Morgan fingerprint density at radius 3 is 2.62 bits per heavy atom. The molecule has 0 aliphatic carbocycles.